The molecule has 29 heavy (non-hydrogen) atoms. The lowest BCUT2D eigenvalue weighted by Crippen LogP contribution is -2.17. The lowest BCUT2D eigenvalue weighted by Gasteiger charge is -2.05. The quantitative estimate of drug-likeness (QED) is 0.544. The molecule has 0 radical (unpaired) electrons. The molecule has 3 heterocycles. The van der Waals surface area contributed by atoms with Crippen molar-refractivity contribution in [3.05, 3.63) is 75.6 Å². The van der Waals surface area contributed by atoms with Gasteiger partial charge in [-0.15, -0.1) is 0 Å². The molecular formula is C19H14F2N6O2. The normalized spacial score (nSPS) is 11.1. The van der Waals surface area contributed by atoms with Crippen molar-refractivity contribution >= 4 is 16.9 Å². The van der Waals surface area contributed by atoms with Crippen LogP contribution in [0.15, 0.2) is 41.3 Å². The number of fused-ring (bicyclic) bond motifs is 1. The molecule has 0 fully saturated rings. The highest BCUT2D eigenvalue weighted by Crippen LogP contribution is 2.20. The summed E-state index contributed by atoms with van der Waals surface area (Å²) in [5.41, 5.74) is 6.26. The van der Waals surface area contributed by atoms with Gasteiger partial charge in [-0.2, -0.15) is 5.10 Å². The molecule has 3 N–H and O–H groups in total. The standard InChI is InChI=1S/C19H14F2N6O2/c1-27-18-15(16(26-27)17(22)28)19(29)25-14(24-18)4-9-2-3-13(23-8-9)10-5-11(20)7-12(21)6-10/h2-3,5-8H,4H2,1H3,(H2,22,28)(H,24,25,29). The van der Waals surface area contributed by atoms with E-state index in [4.69, 9.17) is 5.73 Å². The summed E-state index contributed by atoms with van der Waals surface area (Å²) in [6.45, 7) is 0. The average Bonchev–Trinajstić information content (AvgIpc) is 2.99. The van der Waals surface area contributed by atoms with Gasteiger partial charge in [0, 0.05) is 31.3 Å². The lowest BCUT2D eigenvalue weighted by atomic mass is 10.1. The first-order valence-electron chi connectivity index (χ1n) is 8.49. The van der Waals surface area contributed by atoms with Crippen LogP contribution in [0.3, 0.4) is 0 Å². The van der Waals surface area contributed by atoms with Crippen molar-refractivity contribution in [3.63, 3.8) is 0 Å². The van der Waals surface area contributed by atoms with E-state index in [1.807, 2.05) is 0 Å². The van der Waals surface area contributed by atoms with E-state index in [9.17, 15) is 18.4 Å². The molecule has 8 nitrogen and oxygen atoms in total. The van der Waals surface area contributed by atoms with Gasteiger partial charge >= 0.3 is 0 Å². The van der Waals surface area contributed by atoms with E-state index in [-0.39, 0.29) is 23.1 Å². The molecular weight excluding hydrogens is 382 g/mol. The molecule has 146 valence electrons. The fourth-order valence-electron chi connectivity index (χ4n) is 3.05. The van der Waals surface area contributed by atoms with E-state index in [1.54, 1.807) is 19.2 Å². The van der Waals surface area contributed by atoms with Gasteiger partial charge in [0.15, 0.2) is 11.3 Å². The third-order valence-corrected chi connectivity index (χ3v) is 4.33. The summed E-state index contributed by atoms with van der Waals surface area (Å²) in [6, 6.07) is 6.51. The summed E-state index contributed by atoms with van der Waals surface area (Å²) < 4.78 is 28.1. The number of aromatic amines is 1. The van der Waals surface area contributed by atoms with Crippen LogP contribution in [0.25, 0.3) is 22.3 Å². The Morgan fingerprint density at radius 1 is 1.21 bits per heavy atom. The number of carbonyl (C=O) groups excluding carboxylic acids is 1. The summed E-state index contributed by atoms with van der Waals surface area (Å²) in [5.74, 6) is -1.85. The fraction of sp³-hybridized carbons (Fsp3) is 0.105. The minimum atomic E-state index is -0.816. The van der Waals surface area contributed by atoms with Crippen LogP contribution in [0, 0.1) is 11.6 Å². The van der Waals surface area contributed by atoms with Gasteiger partial charge in [-0.25, -0.2) is 18.4 Å². The molecule has 1 amide bonds. The number of rotatable bonds is 4. The first-order valence-corrected chi connectivity index (χ1v) is 8.49. The van der Waals surface area contributed by atoms with E-state index in [0.717, 1.165) is 6.07 Å². The largest absolute Gasteiger partial charge is 0.364 e. The van der Waals surface area contributed by atoms with Crippen LogP contribution < -0.4 is 11.3 Å². The first-order chi connectivity index (χ1) is 13.8. The van der Waals surface area contributed by atoms with Crippen molar-refractivity contribution < 1.29 is 13.6 Å². The third kappa shape index (κ3) is 3.47. The van der Waals surface area contributed by atoms with Crippen molar-refractivity contribution in [2.24, 2.45) is 12.8 Å². The van der Waals surface area contributed by atoms with Crippen LogP contribution in [0.5, 0.6) is 0 Å². The minimum absolute atomic E-state index is 0.0327. The average molecular weight is 396 g/mol. The number of nitrogens with one attached hydrogen (secondary N) is 1. The zero-order chi connectivity index (χ0) is 20.7. The highest BCUT2D eigenvalue weighted by Gasteiger charge is 2.19. The number of nitrogens with zero attached hydrogens (tertiary/aromatic N) is 4. The number of nitrogens with two attached hydrogens (primary N) is 1. The Labute approximate surface area is 162 Å². The van der Waals surface area contributed by atoms with Gasteiger partial charge in [0.25, 0.3) is 11.5 Å². The molecule has 0 aliphatic rings. The number of benzene rings is 1. The summed E-state index contributed by atoms with van der Waals surface area (Å²) in [7, 11) is 1.56. The van der Waals surface area contributed by atoms with Gasteiger partial charge in [-0.1, -0.05) is 6.07 Å². The Bertz CT molecular complexity index is 1290. The molecule has 3 aromatic heterocycles. The number of halogens is 2. The second-order valence-corrected chi connectivity index (χ2v) is 6.43. The predicted octanol–water partition coefficient (Wildman–Crippen LogP) is 1.69. The number of aromatic nitrogens is 5. The number of hydrogen-bond donors (Lipinski definition) is 2. The van der Waals surface area contributed by atoms with Crippen molar-refractivity contribution in [3.8, 4) is 11.3 Å². The Hall–Kier alpha value is -3.95. The third-order valence-electron chi connectivity index (χ3n) is 4.33. The Morgan fingerprint density at radius 3 is 2.55 bits per heavy atom. The Kier molecular flexibility index (Phi) is 4.38. The van der Waals surface area contributed by atoms with Gasteiger partial charge in [-0.05, 0) is 23.8 Å². The maximum absolute atomic E-state index is 13.4. The molecule has 0 aliphatic heterocycles. The number of aryl methyl sites for hydroxylation is 1. The number of carbonyl (C=O) groups is 1. The Morgan fingerprint density at radius 2 is 1.93 bits per heavy atom. The van der Waals surface area contributed by atoms with E-state index in [0.29, 0.717) is 22.6 Å². The smallest absolute Gasteiger partial charge is 0.270 e. The van der Waals surface area contributed by atoms with Crippen molar-refractivity contribution in [1.82, 2.24) is 24.7 Å². The number of primary amides is 1. The molecule has 1 aromatic carbocycles. The molecule has 0 saturated carbocycles. The second kappa shape index (κ2) is 6.89. The molecule has 0 saturated heterocycles. The summed E-state index contributed by atoms with van der Waals surface area (Å²) >= 11 is 0. The zero-order valence-corrected chi connectivity index (χ0v) is 15.1. The Balaban J connectivity index is 1.66. The lowest BCUT2D eigenvalue weighted by molar-refractivity contribution is 0.0996. The molecule has 0 aliphatic carbocycles. The molecule has 10 heteroatoms. The van der Waals surface area contributed by atoms with E-state index in [2.05, 4.69) is 20.1 Å². The van der Waals surface area contributed by atoms with Gasteiger partial charge in [0.05, 0.1) is 5.69 Å². The van der Waals surface area contributed by atoms with Crippen molar-refractivity contribution in [2.45, 2.75) is 6.42 Å². The van der Waals surface area contributed by atoms with Crippen LogP contribution in [0.2, 0.25) is 0 Å². The maximum Gasteiger partial charge on any atom is 0.270 e. The highest BCUT2D eigenvalue weighted by molar-refractivity contribution is 6.02. The molecule has 4 aromatic rings. The van der Waals surface area contributed by atoms with Crippen molar-refractivity contribution in [1.29, 1.82) is 0 Å². The molecule has 0 bridgehead atoms. The molecule has 0 atom stereocenters. The summed E-state index contributed by atoms with van der Waals surface area (Å²) in [5, 5.41) is 3.98. The summed E-state index contributed by atoms with van der Waals surface area (Å²) in [4.78, 5) is 35.0. The van der Waals surface area contributed by atoms with E-state index < -0.39 is 23.1 Å². The zero-order valence-electron chi connectivity index (χ0n) is 15.1. The van der Waals surface area contributed by atoms with Gasteiger partial charge in [-0.3, -0.25) is 14.6 Å². The molecule has 0 spiro atoms. The monoisotopic (exact) mass is 396 g/mol. The van der Waals surface area contributed by atoms with Crippen LogP contribution in [0.4, 0.5) is 8.78 Å². The SMILES string of the molecule is Cn1nc(C(N)=O)c2c(=O)[nH]c(Cc3ccc(-c4cc(F)cc(F)c4)nc3)nc21. The molecule has 0 unspecified atom stereocenters. The first kappa shape index (κ1) is 18.4. The van der Waals surface area contributed by atoms with Gasteiger partial charge in [0.2, 0.25) is 0 Å². The van der Waals surface area contributed by atoms with E-state index in [1.165, 1.54) is 23.0 Å². The van der Waals surface area contributed by atoms with Crippen LogP contribution in [-0.4, -0.2) is 30.6 Å². The predicted molar refractivity (Wildman–Crippen MR) is 100 cm³/mol. The van der Waals surface area contributed by atoms with E-state index >= 15 is 0 Å². The highest BCUT2D eigenvalue weighted by atomic mass is 19.1. The minimum Gasteiger partial charge on any atom is -0.364 e. The molecule has 4 rings (SSSR count). The maximum atomic E-state index is 13.4. The fourth-order valence-corrected chi connectivity index (χ4v) is 3.05. The second-order valence-electron chi connectivity index (χ2n) is 6.43. The number of pyridine rings is 1. The van der Waals surface area contributed by atoms with Crippen molar-refractivity contribution in [2.75, 3.05) is 0 Å². The number of hydrogen-bond acceptors (Lipinski definition) is 5. The summed E-state index contributed by atoms with van der Waals surface area (Å²) in [6.07, 6.45) is 1.77. The van der Waals surface area contributed by atoms with Crippen LogP contribution in [-0.2, 0) is 13.5 Å². The van der Waals surface area contributed by atoms with Gasteiger partial charge in [0.1, 0.15) is 22.8 Å². The number of H-pyrrole nitrogens is 1. The van der Waals surface area contributed by atoms with Gasteiger partial charge < -0.3 is 10.7 Å². The van der Waals surface area contributed by atoms with Crippen LogP contribution in [0.1, 0.15) is 21.9 Å². The number of amides is 1. The van der Waals surface area contributed by atoms with Crippen LogP contribution >= 0.6 is 0 Å². The topological polar surface area (TPSA) is 120 Å².